The lowest BCUT2D eigenvalue weighted by Crippen LogP contribution is -2.04. The lowest BCUT2D eigenvalue weighted by atomic mass is 9.95. The van der Waals surface area contributed by atoms with E-state index in [1.807, 2.05) is 206 Å². The van der Waals surface area contributed by atoms with Gasteiger partial charge in [0.2, 0.25) is 0 Å². The summed E-state index contributed by atoms with van der Waals surface area (Å²) in [6.45, 7) is 12.1. The number of phenolic OH excluding ortho intramolecular Hbond substituents is 6. The molecule has 16 aromatic rings. The number of para-hydroxylation sites is 4. The van der Waals surface area contributed by atoms with Crippen LogP contribution in [-0.4, -0.2) is 65.3 Å². The number of ketones is 6. The lowest BCUT2D eigenvalue weighted by molar-refractivity contribution is 0.103. The molecule has 0 radical (unpaired) electrons. The quantitative estimate of drug-likeness (QED) is 0.0324. The number of hydrogen-bond donors (Lipinski definition) is 6. The number of halogens is 8. The summed E-state index contributed by atoms with van der Waals surface area (Å²) in [5.74, 6) is 3.65. The minimum Gasteiger partial charge on any atom is -0.508 e. The molecular formula is C105H82Br2I6O16. The Labute approximate surface area is 843 Å². The first-order chi connectivity index (χ1) is 62.0. The summed E-state index contributed by atoms with van der Waals surface area (Å²) in [6, 6.07) is 72.7. The van der Waals surface area contributed by atoms with Crippen LogP contribution in [0.15, 0.2) is 280 Å². The van der Waals surface area contributed by atoms with Crippen molar-refractivity contribution >= 4 is 257 Å². The van der Waals surface area contributed by atoms with Crippen molar-refractivity contribution in [3.05, 3.63) is 385 Å². The summed E-state index contributed by atoms with van der Waals surface area (Å²) >= 11 is 18.8. The van der Waals surface area contributed by atoms with Gasteiger partial charge in [0, 0.05) is 91.8 Å². The van der Waals surface area contributed by atoms with Crippen molar-refractivity contribution in [2.24, 2.45) is 0 Å². The Morgan fingerprint density at radius 2 is 0.605 bits per heavy atom. The molecule has 24 heteroatoms. The van der Waals surface area contributed by atoms with Crippen molar-refractivity contribution in [1.82, 2.24) is 0 Å². The van der Waals surface area contributed by atoms with E-state index < -0.39 is 0 Å². The van der Waals surface area contributed by atoms with Crippen LogP contribution >= 0.6 is 167 Å². The van der Waals surface area contributed by atoms with E-state index in [9.17, 15) is 59.4 Å². The molecule has 0 fully saturated rings. The van der Waals surface area contributed by atoms with Gasteiger partial charge in [-0.2, -0.15) is 0 Å². The van der Waals surface area contributed by atoms with Gasteiger partial charge >= 0.3 is 0 Å². The van der Waals surface area contributed by atoms with Gasteiger partial charge in [-0.25, -0.2) is 0 Å². The fourth-order valence-corrected chi connectivity index (χ4v) is 21.9. The van der Waals surface area contributed by atoms with E-state index in [4.69, 9.17) is 17.7 Å². The SMILES string of the molecule is CC1=C(C(=O)c2cc(I)c(O)c(I)c2)c2ccccc2C1.CCC1=C(C(=O)c2cc(I)c(O)c(I)c2)c2ccccc2C1.CCCCc1oc2ccccc2c1C(=O)c1ccc(O)cc1.CCc1oc2ccccc2c1C(=O)c1cc(Br)c(O)c(Br)c1.CCc1oc2ccccc2c1C(=O)c1cc(I)c(O)c(I)c1.CCc1oc2ccccc2c1C(=O)c1ccc(O)cc1. The number of allylic oxidation sites excluding steroid dienone is 4. The summed E-state index contributed by atoms with van der Waals surface area (Å²) in [4.78, 5) is 77.4. The lowest BCUT2D eigenvalue weighted by Gasteiger charge is -2.09. The molecule has 0 atom stereocenters. The number of Topliss-reactive ketones (excluding diaryl/α,β-unsaturated/α-hetero) is 2. The zero-order chi connectivity index (χ0) is 92.3. The van der Waals surface area contributed by atoms with Gasteiger partial charge in [0.25, 0.3) is 0 Å². The second-order valence-corrected chi connectivity index (χ2v) is 38.8. The van der Waals surface area contributed by atoms with Crippen LogP contribution in [0.2, 0.25) is 0 Å². The van der Waals surface area contributed by atoms with Gasteiger partial charge in [0.15, 0.2) is 34.7 Å². The van der Waals surface area contributed by atoms with E-state index in [0.717, 1.165) is 110 Å². The second kappa shape index (κ2) is 43.7. The van der Waals surface area contributed by atoms with Crippen LogP contribution in [0.4, 0.5) is 0 Å². The molecule has 18 rings (SSSR count). The Hall–Kier alpha value is -9.56. The number of fused-ring (bicyclic) bond motifs is 6. The smallest absolute Gasteiger partial charge is 0.197 e. The number of rotatable bonds is 19. The first-order valence-corrected chi connectivity index (χ1v) is 49.2. The Kier molecular flexibility index (Phi) is 32.8. The topological polar surface area (TPSA) is 276 Å². The van der Waals surface area contributed by atoms with Crippen LogP contribution in [0.25, 0.3) is 55.0 Å². The Balaban J connectivity index is 0.000000132. The monoisotopic (exact) mass is 2520 g/mol. The maximum atomic E-state index is 13.0. The van der Waals surface area contributed by atoms with Crippen LogP contribution < -0.4 is 0 Å². The van der Waals surface area contributed by atoms with Gasteiger partial charge in [-0.05, 0) is 344 Å². The van der Waals surface area contributed by atoms with Gasteiger partial charge in [0.1, 0.15) is 79.9 Å². The van der Waals surface area contributed by atoms with Crippen molar-refractivity contribution in [3.8, 4) is 34.5 Å². The third-order valence-corrected chi connectivity index (χ3v) is 27.9. The predicted octanol–water partition coefficient (Wildman–Crippen LogP) is 29.3. The van der Waals surface area contributed by atoms with Gasteiger partial charge in [-0.3, -0.25) is 28.8 Å². The molecule has 4 heterocycles. The molecule has 0 aliphatic heterocycles. The largest absolute Gasteiger partial charge is 0.508 e. The molecule has 12 aromatic carbocycles. The molecule has 0 bridgehead atoms. The van der Waals surface area contributed by atoms with Crippen molar-refractivity contribution in [3.63, 3.8) is 0 Å². The van der Waals surface area contributed by atoms with Crippen LogP contribution in [0, 0.1) is 21.4 Å². The van der Waals surface area contributed by atoms with Crippen LogP contribution in [0.5, 0.6) is 34.5 Å². The Morgan fingerprint density at radius 3 is 0.953 bits per heavy atom. The first kappa shape index (κ1) is 97.0. The number of unbranched alkanes of at least 4 members (excludes halogenated alkanes) is 1. The van der Waals surface area contributed by atoms with Crippen LogP contribution in [-0.2, 0) is 38.5 Å². The van der Waals surface area contributed by atoms with Crippen molar-refractivity contribution in [2.75, 3.05) is 0 Å². The minimum atomic E-state index is -0.122. The van der Waals surface area contributed by atoms with E-state index in [-0.39, 0.29) is 69.2 Å². The zero-order valence-electron chi connectivity index (χ0n) is 70.2. The maximum Gasteiger partial charge on any atom is 0.197 e. The molecule has 0 spiro atoms. The standard InChI is InChI=1S/C19H18O3.C18H14I2O2.C17H12Br2O3.C17H12I2O3.C17H12I2O2.C17H14O3/c1-2-3-7-17-18(15-6-4-5-8-16(15)22-17)19(21)13-9-11-14(20)12-10-13;1-2-10-7-11-5-3-4-6-13(11)16(10)17(21)12-8-14(19)18(22)15(20)9-12;2*1-2-13-15(10-5-3-4-6-14(10)22-13)16(20)9-7-11(18)17(21)12(19)8-9;1-9-6-10-4-2-3-5-12(10)15(9)16(20)11-7-13(18)17(21)14(19)8-11;1-2-14-16(13-5-3-4-6-15(13)20-14)17(19)11-7-9-12(18)10-8-11/h4-6,8-12,20H,2-3,7H2,1H3;3-6,8-9,22H,2,7H2,1H3;2*3-8,21H,2H2,1H3;2-5,7-8,21H,6H2,1H3;3-10,18H,2H2,1H3. The Bertz CT molecular complexity index is 6870. The molecule has 0 saturated heterocycles. The van der Waals surface area contributed by atoms with Crippen molar-refractivity contribution < 1.29 is 77.1 Å². The van der Waals surface area contributed by atoms with E-state index in [1.165, 1.54) is 41.0 Å². The number of furan rings is 4. The highest BCUT2D eigenvalue weighted by molar-refractivity contribution is 14.1. The highest BCUT2D eigenvalue weighted by Crippen LogP contribution is 2.43. The highest BCUT2D eigenvalue weighted by atomic mass is 127. The van der Waals surface area contributed by atoms with Crippen molar-refractivity contribution in [1.29, 1.82) is 0 Å². The van der Waals surface area contributed by atoms with Gasteiger partial charge < -0.3 is 48.3 Å². The number of phenols is 6. The number of carbonyl (C=O) groups is 6. The van der Waals surface area contributed by atoms with Gasteiger partial charge in [-0.15, -0.1) is 0 Å². The van der Waals surface area contributed by atoms with Crippen molar-refractivity contribution in [2.45, 2.75) is 99.3 Å². The fraction of sp³-hybridized carbons (Fsp3) is 0.143. The van der Waals surface area contributed by atoms with Crippen LogP contribution in [0.1, 0.15) is 191 Å². The van der Waals surface area contributed by atoms with E-state index in [1.54, 1.807) is 72.8 Å². The predicted molar refractivity (Wildman–Crippen MR) is 564 cm³/mol. The molecule has 16 nitrogen and oxygen atoms in total. The molecule has 6 N–H and O–H groups in total. The summed E-state index contributed by atoms with van der Waals surface area (Å²) in [7, 11) is 0. The number of benzene rings is 12. The number of hydrogen-bond acceptors (Lipinski definition) is 16. The highest BCUT2D eigenvalue weighted by Gasteiger charge is 2.31. The van der Waals surface area contributed by atoms with E-state index in [2.05, 4.69) is 148 Å². The van der Waals surface area contributed by atoms with Gasteiger partial charge in [-0.1, -0.05) is 174 Å². The molecule has 2 aliphatic rings. The second-order valence-electron chi connectivity index (χ2n) is 30.1. The summed E-state index contributed by atoms with van der Waals surface area (Å²) in [5.41, 5.74) is 17.3. The third-order valence-electron chi connectivity index (χ3n) is 21.8. The number of aromatic hydroxyl groups is 6. The molecular weight excluding hydrogens is 2440 g/mol. The third kappa shape index (κ3) is 21.6. The average molecular weight is 2520 g/mol. The fourth-order valence-electron chi connectivity index (χ4n) is 15.4. The van der Waals surface area contributed by atoms with Crippen LogP contribution in [0.3, 0.4) is 0 Å². The molecule has 0 unspecified atom stereocenters. The molecule has 2 aliphatic carbocycles. The average Bonchev–Trinajstić information content (AvgIpc) is 1.56. The molecule has 129 heavy (non-hydrogen) atoms. The summed E-state index contributed by atoms with van der Waals surface area (Å²) in [5, 5.41) is 61.4. The molecule has 4 aromatic heterocycles. The van der Waals surface area contributed by atoms with E-state index in [0.29, 0.717) is 128 Å². The minimum absolute atomic E-state index is 0.0354. The van der Waals surface area contributed by atoms with Gasteiger partial charge in [0.05, 0.1) is 52.6 Å². The summed E-state index contributed by atoms with van der Waals surface area (Å²) < 4.78 is 28.3. The maximum absolute atomic E-state index is 13.0. The summed E-state index contributed by atoms with van der Waals surface area (Å²) in [6.07, 6.45) is 7.31. The number of aryl methyl sites for hydroxylation is 4. The molecule has 0 amide bonds. The zero-order valence-corrected chi connectivity index (χ0v) is 86.4. The Morgan fingerprint density at radius 1 is 0.318 bits per heavy atom. The first-order valence-electron chi connectivity index (χ1n) is 41.2. The number of carbonyl (C=O) groups excluding carboxylic acids is 6. The molecule has 654 valence electrons. The van der Waals surface area contributed by atoms with E-state index >= 15 is 0 Å². The normalized spacial score (nSPS) is 11.8. The molecule has 0 saturated carbocycles.